The molecule has 0 aromatic carbocycles. The summed E-state index contributed by atoms with van der Waals surface area (Å²) < 4.78 is 0. The summed E-state index contributed by atoms with van der Waals surface area (Å²) in [5, 5.41) is 9.11. The maximum Gasteiger partial charge on any atom is 0.337 e. The second-order valence-electron chi connectivity index (χ2n) is 6.73. The van der Waals surface area contributed by atoms with Crippen LogP contribution in [0.4, 0.5) is 0 Å². The Hall–Kier alpha value is -2.27. The van der Waals surface area contributed by atoms with Gasteiger partial charge in [-0.05, 0) is 57.4 Å². The van der Waals surface area contributed by atoms with Gasteiger partial charge in [0.2, 0.25) is 0 Å². The van der Waals surface area contributed by atoms with Crippen LogP contribution in [0.3, 0.4) is 0 Å². The van der Waals surface area contributed by atoms with Crippen molar-refractivity contribution in [3.05, 3.63) is 47.9 Å². The summed E-state index contributed by atoms with van der Waals surface area (Å²) in [5.74, 6) is -0.334. The first-order valence-electron chi connectivity index (χ1n) is 8.41. The highest BCUT2D eigenvalue weighted by Gasteiger charge is 2.24. The minimum absolute atomic E-state index is 0.183. The van der Waals surface area contributed by atoms with E-state index >= 15 is 0 Å². The Kier molecular flexibility index (Phi) is 4.90. The van der Waals surface area contributed by atoms with E-state index in [4.69, 9.17) is 10.1 Å². The van der Waals surface area contributed by atoms with Crippen LogP contribution in [0.5, 0.6) is 0 Å². The second-order valence-corrected chi connectivity index (χ2v) is 6.73. The average molecular weight is 325 g/mol. The Morgan fingerprint density at radius 2 is 2.21 bits per heavy atom. The summed E-state index contributed by atoms with van der Waals surface area (Å²) in [4.78, 5) is 22.4. The highest BCUT2D eigenvalue weighted by Crippen LogP contribution is 2.23. The molecule has 5 heteroatoms. The van der Waals surface area contributed by atoms with Gasteiger partial charge in [0, 0.05) is 36.2 Å². The molecule has 0 saturated carbocycles. The minimum atomic E-state index is -0.972. The molecule has 2 aromatic rings. The van der Waals surface area contributed by atoms with Gasteiger partial charge in [0.15, 0.2) is 0 Å². The molecule has 1 saturated heterocycles. The molecule has 1 aliphatic heterocycles. The van der Waals surface area contributed by atoms with E-state index in [1.807, 2.05) is 12.1 Å². The Labute approximate surface area is 142 Å². The predicted octanol–water partition coefficient (Wildman–Crippen LogP) is 3.11. The number of likely N-dealkylation sites (tertiary alicyclic amines) is 1. The van der Waals surface area contributed by atoms with Crippen LogP contribution >= 0.6 is 0 Å². The normalized spacial score (nSPS) is 18.2. The van der Waals surface area contributed by atoms with Gasteiger partial charge in [-0.3, -0.25) is 9.97 Å². The number of pyridine rings is 2. The van der Waals surface area contributed by atoms with Crippen molar-refractivity contribution in [3.8, 4) is 11.3 Å². The van der Waals surface area contributed by atoms with Crippen LogP contribution in [-0.4, -0.2) is 45.1 Å². The zero-order chi connectivity index (χ0) is 17.1. The van der Waals surface area contributed by atoms with Crippen LogP contribution in [0.15, 0.2) is 36.7 Å². The minimum Gasteiger partial charge on any atom is -0.478 e. The zero-order valence-corrected chi connectivity index (χ0v) is 14.1. The van der Waals surface area contributed by atoms with Crippen molar-refractivity contribution in [1.82, 2.24) is 14.9 Å². The Morgan fingerprint density at radius 1 is 1.38 bits per heavy atom. The molecular weight excluding hydrogens is 302 g/mol. The lowest BCUT2D eigenvalue weighted by Gasteiger charge is -2.20. The fourth-order valence-corrected chi connectivity index (χ4v) is 3.25. The lowest BCUT2D eigenvalue weighted by molar-refractivity contribution is 0.0696. The summed E-state index contributed by atoms with van der Waals surface area (Å²) in [5.41, 5.74) is 2.76. The van der Waals surface area contributed by atoms with E-state index in [9.17, 15) is 4.79 Å². The predicted molar refractivity (Wildman–Crippen MR) is 92.9 cm³/mol. The third-order valence-corrected chi connectivity index (χ3v) is 4.63. The van der Waals surface area contributed by atoms with Gasteiger partial charge in [0.05, 0.1) is 11.3 Å². The second kappa shape index (κ2) is 7.09. The van der Waals surface area contributed by atoms with Crippen LogP contribution in [0.25, 0.3) is 11.3 Å². The topological polar surface area (TPSA) is 66.3 Å². The largest absolute Gasteiger partial charge is 0.478 e. The van der Waals surface area contributed by atoms with Gasteiger partial charge in [0.1, 0.15) is 0 Å². The number of carboxylic acid groups (broad SMARTS) is 1. The first-order valence-corrected chi connectivity index (χ1v) is 8.41. The molecule has 1 N–H and O–H groups in total. The van der Waals surface area contributed by atoms with Gasteiger partial charge in [-0.25, -0.2) is 4.79 Å². The quantitative estimate of drug-likeness (QED) is 0.915. The van der Waals surface area contributed by atoms with Gasteiger partial charge < -0.3 is 10.0 Å². The molecule has 1 aliphatic rings. The van der Waals surface area contributed by atoms with Crippen LogP contribution in [-0.2, 0) is 6.42 Å². The van der Waals surface area contributed by atoms with E-state index in [1.165, 1.54) is 12.6 Å². The third kappa shape index (κ3) is 3.79. The van der Waals surface area contributed by atoms with E-state index < -0.39 is 5.97 Å². The maximum atomic E-state index is 11.1. The molecule has 24 heavy (non-hydrogen) atoms. The number of hydrogen-bond acceptors (Lipinski definition) is 4. The zero-order valence-electron chi connectivity index (χ0n) is 14.1. The van der Waals surface area contributed by atoms with Crippen molar-refractivity contribution >= 4 is 5.97 Å². The molecule has 3 rings (SSSR count). The number of nitrogens with zero attached hydrogens (tertiary/aromatic N) is 3. The van der Waals surface area contributed by atoms with Gasteiger partial charge in [-0.15, -0.1) is 0 Å². The molecule has 1 atom stereocenters. The summed E-state index contributed by atoms with van der Waals surface area (Å²) in [6.07, 6.45) is 5.19. The van der Waals surface area contributed by atoms with Crippen LogP contribution in [0.2, 0.25) is 0 Å². The van der Waals surface area contributed by atoms with Crippen LogP contribution < -0.4 is 0 Å². The molecule has 0 unspecified atom stereocenters. The summed E-state index contributed by atoms with van der Waals surface area (Å²) >= 11 is 0. The Bertz CT molecular complexity index is 730. The lowest BCUT2D eigenvalue weighted by Crippen LogP contribution is -2.28. The van der Waals surface area contributed by atoms with Crippen molar-refractivity contribution in [3.63, 3.8) is 0 Å². The maximum absolute atomic E-state index is 11.1. The molecule has 2 aromatic heterocycles. The number of carboxylic acids is 1. The van der Waals surface area contributed by atoms with Crippen molar-refractivity contribution in [2.45, 2.75) is 32.7 Å². The van der Waals surface area contributed by atoms with Crippen molar-refractivity contribution in [2.24, 2.45) is 5.92 Å². The number of rotatable bonds is 5. The Balaban J connectivity index is 1.75. The number of aromatic carboxylic acids is 1. The van der Waals surface area contributed by atoms with E-state index in [-0.39, 0.29) is 5.56 Å². The van der Waals surface area contributed by atoms with Crippen molar-refractivity contribution < 1.29 is 9.90 Å². The number of aromatic nitrogens is 2. The number of carbonyl (C=O) groups is 1. The molecule has 0 aliphatic carbocycles. The highest BCUT2D eigenvalue weighted by molar-refractivity contribution is 5.88. The molecule has 0 spiro atoms. The molecule has 0 amide bonds. The standard InChI is InChI=1S/C19H23N3O2/c1-13(2)22-7-6-14(12-22)8-17-4-3-5-18(21-17)15-9-16(19(23)24)11-20-10-15/h3-5,9-11,13-14H,6-8,12H2,1-2H3,(H,23,24)/t14-/m0/s1. The van der Waals surface area contributed by atoms with E-state index in [0.29, 0.717) is 12.0 Å². The molecule has 126 valence electrons. The lowest BCUT2D eigenvalue weighted by atomic mass is 10.0. The van der Waals surface area contributed by atoms with Gasteiger partial charge >= 0.3 is 5.97 Å². The first kappa shape index (κ1) is 16.6. The van der Waals surface area contributed by atoms with Crippen LogP contribution in [0.1, 0.15) is 36.3 Å². The smallest absolute Gasteiger partial charge is 0.337 e. The van der Waals surface area contributed by atoms with E-state index in [2.05, 4.69) is 29.8 Å². The molecular formula is C19H23N3O2. The summed E-state index contributed by atoms with van der Waals surface area (Å²) in [6.45, 7) is 6.76. The van der Waals surface area contributed by atoms with Gasteiger partial charge in [-0.2, -0.15) is 0 Å². The molecule has 5 nitrogen and oxygen atoms in total. The summed E-state index contributed by atoms with van der Waals surface area (Å²) in [7, 11) is 0. The first-order chi connectivity index (χ1) is 11.5. The van der Waals surface area contributed by atoms with Crippen molar-refractivity contribution in [2.75, 3.05) is 13.1 Å². The van der Waals surface area contributed by atoms with E-state index in [0.717, 1.165) is 36.5 Å². The number of hydrogen-bond donors (Lipinski definition) is 1. The molecule has 0 bridgehead atoms. The molecule has 0 radical (unpaired) electrons. The third-order valence-electron chi connectivity index (χ3n) is 4.63. The van der Waals surface area contributed by atoms with Crippen LogP contribution in [0, 0.1) is 5.92 Å². The van der Waals surface area contributed by atoms with E-state index in [1.54, 1.807) is 12.3 Å². The fraction of sp³-hybridized carbons (Fsp3) is 0.421. The highest BCUT2D eigenvalue weighted by atomic mass is 16.4. The molecule has 3 heterocycles. The SMILES string of the molecule is CC(C)N1CC[C@@H](Cc2cccc(-c3cncc(C(=O)O)c3)n2)C1. The van der Waals surface area contributed by atoms with Gasteiger partial charge in [-0.1, -0.05) is 6.07 Å². The monoisotopic (exact) mass is 325 g/mol. The Morgan fingerprint density at radius 3 is 2.92 bits per heavy atom. The summed E-state index contributed by atoms with van der Waals surface area (Å²) in [6, 6.07) is 8.16. The average Bonchev–Trinajstić information content (AvgIpc) is 3.04. The van der Waals surface area contributed by atoms with Crippen molar-refractivity contribution in [1.29, 1.82) is 0 Å². The fourth-order valence-electron chi connectivity index (χ4n) is 3.25. The molecule has 1 fully saturated rings. The van der Waals surface area contributed by atoms with Gasteiger partial charge in [0.25, 0.3) is 0 Å².